The van der Waals surface area contributed by atoms with E-state index in [0.717, 1.165) is 12.0 Å². The van der Waals surface area contributed by atoms with E-state index in [2.05, 4.69) is 20.4 Å². The van der Waals surface area contributed by atoms with Gasteiger partial charge >= 0.3 is 6.18 Å². The van der Waals surface area contributed by atoms with Crippen LogP contribution in [-0.2, 0) is 22.6 Å². The van der Waals surface area contributed by atoms with Gasteiger partial charge in [0.05, 0.1) is 19.8 Å². The molecular formula is C20H31F3IN3O3. The van der Waals surface area contributed by atoms with Gasteiger partial charge in [0, 0.05) is 31.7 Å². The number of guanidine groups is 1. The van der Waals surface area contributed by atoms with Gasteiger partial charge in [0.25, 0.3) is 0 Å². The number of nitrogens with one attached hydrogen (secondary N) is 2. The number of hydrogen-bond acceptors (Lipinski definition) is 4. The highest BCUT2D eigenvalue weighted by atomic mass is 127. The Morgan fingerprint density at radius 3 is 2.50 bits per heavy atom. The molecule has 10 heteroatoms. The van der Waals surface area contributed by atoms with E-state index in [0.29, 0.717) is 50.8 Å². The molecule has 1 unspecified atom stereocenters. The number of aliphatic imine (C=N–C) groups is 1. The molecular weight excluding hydrogens is 514 g/mol. The van der Waals surface area contributed by atoms with Gasteiger partial charge in [0.15, 0.2) is 5.96 Å². The van der Waals surface area contributed by atoms with Crippen molar-refractivity contribution in [3.8, 4) is 0 Å². The predicted octanol–water partition coefficient (Wildman–Crippen LogP) is 3.23. The molecule has 1 aromatic carbocycles. The largest absolute Gasteiger partial charge is 0.411 e. The Morgan fingerprint density at radius 1 is 1.23 bits per heavy atom. The van der Waals surface area contributed by atoms with Gasteiger partial charge < -0.3 is 25.2 Å². The lowest BCUT2D eigenvalue weighted by molar-refractivity contribution is -0.176. The molecule has 0 amide bonds. The molecule has 0 bridgehead atoms. The number of alkyl halides is 3. The Kier molecular flexibility index (Phi) is 12.0. The molecule has 0 spiro atoms. The van der Waals surface area contributed by atoms with Crippen LogP contribution in [0.3, 0.4) is 0 Å². The number of benzene rings is 1. The molecule has 172 valence electrons. The highest BCUT2D eigenvalue weighted by Gasteiger charge is 2.34. The second-order valence-corrected chi connectivity index (χ2v) is 7.25. The summed E-state index contributed by atoms with van der Waals surface area (Å²) >= 11 is 0. The lowest BCUT2D eigenvalue weighted by Crippen LogP contribution is -2.44. The van der Waals surface area contributed by atoms with E-state index in [9.17, 15) is 18.3 Å². The molecule has 3 N–H and O–H groups in total. The molecule has 0 aliphatic carbocycles. The number of hydrogen-bond donors (Lipinski definition) is 3. The number of rotatable bonds is 10. The van der Waals surface area contributed by atoms with Gasteiger partial charge in [-0.05, 0) is 30.9 Å². The summed E-state index contributed by atoms with van der Waals surface area (Å²) in [5, 5.41) is 15.9. The summed E-state index contributed by atoms with van der Waals surface area (Å²) in [4.78, 5) is 4.57. The van der Waals surface area contributed by atoms with Gasteiger partial charge in [-0.2, -0.15) is 13.2 Å². The highest BCUT2D eigenvalue weighted by molar-refractivity contribution is 14.0. The van der Waals surface area contributed by atoms with E-state index >= 15 is 0 Å². The van der Waals surface area contributed by atoms with E-state index in [1.165, 1.54) is 0 Å². The third-order valence-electron chi connectivity index (χ3n) is 4.78. The Balaban J connectivity index is 0.00000450. The summed E-state index contributed by atoms with van der Waals surface area (Å²) in [7, 11) is 0. The fourth-order valence-electron chi connectivity index (χ4n) is 3.12. The zero-order valence-electron chi connectivity index (χ0n) is 17.1. The van der Waals surface area contributed by atoms with Crippen LogP contribution in [-0.4, -0.2) is 56.8 Å². The van der Waals surface area contributed by atoms with E-state index < -0.39 is 12.8 Å². The monoisotopic (exact) mass is 545 g/mol. The standard InChI is InChI=1S/C20H30F3N3O3.HI/c1-2-24-18(26-13-19(7-9-27)8-10-28-14-19)25-11-16-3-5-17(6-4-16)12-29-15-20(21,22)23;/h3-6,27H,2,7-15H2,1H3,(H2,24,25,26);1H. The number of halogens is 4. The summed E-state index contributed by atoms with van der Waals surface area (Å²) < 4.78 is 46.5. The number of aliphatic hydroxyl groups is 1. The minimum absolute atomic E-state index is 0. The van der Waals surface area contributed by atoms with Crippen LogP contribution in [0.1, 0.15) is 30.9 Å². The van der Waals surface area contributed by atoms with Crippen molar-refractivity contribution in [2.45, 2.75) is 39.1 Å². The van der Waals surface area contributed by atoms with Crippen LogP contribution in [0.4, 0.5) is 13.2 Å². The minimum Gasteiger partial charge on any atom is -0.396 e. The van der Waals surface area contributed by atoms with Crippen LogP contribution in [0.2, 0.25) is 0 Å². The lowest BCUT2D eigenvalue weighted by Gasteiger charge is -2.27. The van der Waals surface area contributed by atoms with Crippen LogP contribution in [0, 0.1) is 5.41 Å². The van der Waals surface area contributed by atoms with Crippen LogP contribution in [0.25, 0.3) is 0 Å². The predicted molar refractivity (Wildman–Crippen MR) is 120 cm³/mol. The van der Waals surface area contributed by atoms with Crippen molar-refractivity contribution in [2.75, 3.05) is 39.5 Å². The van der Waals surface area contributed by atoms with Gasteiger partial charge in [-0.1, -0.05) is 24.3 Å². The van der Waals surface area contributed by atoms with Crippen molar-refractivity contribution in [3.05, 3.63) is 35.4 Å². The fraction of sp³-hybridized carbons (Fsp3) is 0.650. The second kappa shape index (κ2) is 13.3. The normalized spacial score (nSPS) is 19.4. The van der Waals surface area contributed by atoms with E-state index in [-0.39, 0.29) is 42.6 Å². The molecule has 0 radical (unpaired) electrons. The van der Waals surface area contributed by atoms with Gasteiger partial charge in [0.2, 0.25) is 0 Å². The average molecular weight is 545 g/mol. The van der Waals surface area contributed by atoms with Gasteiger partial charge in [0.1, 0.15) is 6.61 Å². The van der Waals surface area contributed by atoms with Gasteiger partial charge in [-0.15, -0.1) is 24.0 Å². The van der Waals surface area contributed by atoms with Crippen molar-refractivity contribution in [1.82, 2.24) is 10.6 Å². The van der Waals surface area contributed by atoms with E-state index in [4.69, 9.17) is 4.74 Å². The fourth-order valence-corrected chi connectivity index (χ4v) is 3.12. The first kappa shape index (κ1) is 26.9. The molecule has 1 fully saturated rings. The van der Waals surface area contributed by atoms with Gasteiger partial charge in [-0.25, -0.2) is 4.99 Å². The van der Waals surface area contributed by atoms with Crippen LogP contribution in [0.15, 0.2) is 29.3 Å². The second-order valence-electron chi connectivity index (χ2n) is 7.25. The lowest BCUT2D eigenvalue weighted by atomic mass is 9.84. The first-order chi connectivity index (χ1) is 13.9. The summed E-state index contributed by atoms with van der Waals surface area (Å²) in [6.07, 6.45) is -2.74. The average Bonchev–Trinajstić information content (AvgIpc) is 3.13. The SMILES string of the molecule is CCNC(=NCc1ccc(COCC(F)(F)F)cc1)NCC1(CCO)CCOC1.I. The molecule has 2 rings (SSSR count). The summed E-state index contributed by atoms with van der Waals surface area (Å²) in [6.45, 7) is 3.91. The molecule has 1 aliphatic rings. The molecule has 30 heavy (non-hydrogen) atoms. The Morgan fingerprint density at radius 2 is 1.93 bits per heavy atom. The first-order valence-electron chi connectivity index (χ1n) is 9.79. The Bertz CT molecular complexity index is 636. The number of nitrogens with zero attached hydrogens (tertiary/aromatic N) is 1. The molecule has 1 heterocycles. The molecule has 1 saturated heterocycles. The topological polar surface area (TPSA) is 75.1 Å². The number of ether oxygens (including phenoxy) is 2. The maximum atomic E-state index is 12.1. The van der Waals surface area contributed by atoms with Crippen molar-refractivity contribution in [1.29, 1.82) is 0 Å². The maximum absolute atomic E-state index is 12.1. The molecule has 1 aromatic rings. The zero-order chi connectivity index (χ0) is 21.2. The van der Waals surface area contributed by atoms with Crippen LogP contribution in [0.5, 0.6) is 0 Å². The molecule has 0 aromatic heterocycles. The van der Waals surface area contributed by atoms with Crippen molar-refractivity contribution in [3.63, 3.8) is 0 Å². The first-order valence-corrected chi connectivity index (χ1v) is 9.79. The summed E-state index contributed by atoms with van der Waals surface area (Å²) in [6, 6.07) is 7.15. The zero-order valence-corrected chi connectivity index (χ0v) is 19.5. The number of aliphatic hydroxyl groups excluding tert-OH is 1. The summed E-state index contributed by atoms with van der Waals surface area (Å²) in [5.74, 6) is 0.675. The molecule has 1 atom stereocenters. The van der Waals surface area contributed by atoms with Crippen LogP contribution >= 0.6 is 24.0 Å². The van der Waals surface area contributed by atoms with Crippen molar-refractivity contribution < 1.29 is 27.8 Å². The third kappa shape index (κ3) is 9.80. The quantitative estimate of drug-likeness (QED) is 0.239. The van der Waals surface area contributed by atoms with E-state index in [1.54, 1.807) is 12.1 Å². The Hall–Kier alpha value is -1.11. The maximum Gasteiger partial charge on any atom is 0.411 e. The summed E-state index contributed by atoms with van der Waals surface area (Å²) in [5.41, 5.74) is 1.54. The molecule has 0 saturated carbocycles. The third-order valence-corrected chi connectivity index (χ3v) is 4.78. The van der Waals surface area contributed by atoms with Crippen LogP contribution < -0.4 is 10.6 Å². The van der Waals surface area contributed by atoms with Crippen molar-refractivity contribution >= 4 is 29.9 Å². The smallest absolute Gasteiger partial charge is 0.396 e. The Labute approximate surface area is 192 Å². The highest BCUT2D eigenvalue weighted by Crippen LogP contribution is 2.31. The molecule has 6 nitrogen and oxygen atoms in total. The van der Waals surface area contributed by atoms with Crippen molar-refractivity contribution in [2.24, 2.45) is 10.4 Å². The van der Waals surface area contributed by atoms with Gasteiger partial charge in [-0.3, -0.25) is 0 Å². The molecule has 1 aliphatic heterocycles. The minimum atomic E-state index is -4.31. The van der Waals surface area contributed by atoms with E-state index in [1.807, 2.05) is 19.1 Å².